The van der Waals surface area contributed by atoms with Gasteiger partial charge in [0, 0.05) is 18.3 Å². The van der Waals surface area contributed by atoms with E-state index in [0.717, 1.165) is 25.7 Å². The molecular formula is C15H19NO4. The fourth-order valence-electron chi connectivity index (χ4n) is 1.86. The van der Waals surface area contributed by atoms with Crippen LogP contribution >= 0.6 is 0 Å². The summed E-state index contributed by atoms with van der Waals surface area (Å²) in [5.41, 5.74) is 0.0763. The molecule has 1 aromatic rings. The first-order valence-corrected chi connectivity index (χ1v) is 6.67. The summed E-state index contributed by atoms with van der Waals surface area (Å²) in [4.78, 5) is 26.4. The first-order chi connectivity index (χ1) is 9.57. The molecule has 0 bridgehead atoms. The number of aromatic carboxylic acids is 2. The van der Waals surface area contributed by atoms with Gasteiger partial charge in [-0.15, -0.1) is 0 Å². The van der Waals surface area contributed by atoms with Crippen molar-refractivity contribution >= 4 is 18.2 Å². The molecule has 0 heterocycles. The fraction of sp³-hybridized carbons (Fsp3) is 0.400. The van der Waals surface area contributed by atoms with Crippen molar-refractivity contribution in [1.82, 2.24) is 0 Å². The Balaban J connectivity index is 2.88. The molecule has 2 N–H and O–H groups in total. The summed E-state index contributed by atoms with van der Waals surface area (Å²) in [5.74, 6) is -2.30. The maximum Gasteiger partial charge on any atom is 0.336 e. The van der Waals surface area contributed by atoms with Gasteiger partial charge in [-0.05, 0) is 18.6 Å². The van der Waals surface area contributed by atoms with Gasteiger partial charge >= 0.3 is 11.9 Å². The summed E-state index contributed by atoms with van der Waals surface area (Å²) < 4.78 is 0. The molecule has 0 spiro atoms. The normalized spacial score (nSPS) is 10.8. The van der Waals surface area contributed by atoms with Crippen LogP contribution in [0.1, 0.15) is 58.9 Å². The lowest BCUT2D eigenvalue weighted by Crippen LogP contribution is -2.09. The zero-order valence-electron chi connectivity index (χ0n) is 11.5. The third-order valence-corrected chi connectivity index (χ3v) is 2.93. The van der Waals surface area contributed by atoms with Gasteiger partial charge in [0.2, 0.25) is 0 Å². The maximum absolute atomic E-state index is 11.1. The number of unbranched alkanes of at least 4 members (excludes halogenated alkanes) is 3. The highest BCUT2D eigenvalue weighted by molar-refractivity contribution is 6.06. The number of carboxylic acids is 2. The minimum atomic E-state index is -1.15. The third kappa shape index (κ3) is 4.50. The van der Waals surface area contributed by atoms with E-state index >= 15 is 0 Å². The maximum atomic E-state index is 11.1. The van der Waals surface area contributed by atoms with E-state index in [-0.39, 0.29) is 16.7 Å². The van der Waals surface area contributed by atoms with Crippen LogP contribution in [0.4, 0.5) is 0 Å². The number of aliphatic imine (C=N–C) groups is 1. The van der Waals surface area contributed by atoms with Gasteiger partial charge in [-0.1, -0.05) is 32.3 Å². The summed E-state index contributed by atoms with van der Waals surface area (Å²) in [5, 5.41) is 18.2. The van der Waals surface area contributed by atoms with E-state index in [0.29, 0.717) is 6.54 Å². The highest BCUT2D eigenvalue weighted by atomic mass is 16.4. The quantitative estimate of drug-likeness (QED) is 0.564. The molecule has 20 heavy (non-hydrogen) atoms. The second-order valence-corrected chi connectivity index (χ2v) is 4.47. The molecule has 0 aliphatic rings. The predicted molar refractivity (Wildman–Crippen MR) is 77.0 cm³/mol. The molecule has 0 unspecified atom stereocenters. The Bertz CT molecular complexity index is 476. The minimum absolute atomic E-state index is 0.0396. The lowest BCUT2D eigenvalue weighted by atomic mass is 10.0. The van der Waals surface area contributed by atoms with Crippen molar-refractivity contribution in [3.8, 4) is 0 Å². The average molecular weight is 277 g/mol. The second kappa shape index (κ2) is 8.09. The molecule has 0 saturated heterocycles. The Kier molecular flexibility index (Phi) is 6.43. The van der Waals surface area contributed by atoms with Crippen LogP contribution in [-0.2, 0) is 0 Å². The molecule has 1 rings (SSSR count). The van der Waals surface area contributed by atoms with E-state index in [2.05, 4.69) is 11.9 Å². The van der Waals surface area contributed by atoms with Crippen molar-refractivity contribution in [1.29, 1.82) is 0 Å². The van der Waals surface area contributed by atoms with Crippen molar-refractivity contribution < 1.29 is 19.8 Å². The zero-order chi connectivity index (χ0) is 15.0. The number of carbonyl (C=O) groups is 2. The molecule has 0 fully saturated rings. The Labute approximate surface area is 118 Å². The van der Waals surface area contributed by atoms with Crippen LogP contribution < -0.4 is 0 Å². The van der Waals surface area contributed by atoms with Gasteiger partial charge in [-0.3, -0.25) is 4.99 Å². The highest BCUT2D eigenvalue weighted by Crippen LogP contribution is 2.13. The van der Waals surface area contributed by atoms with Gasteiger partial charge in [-0.2, -0.15) is 0 Å². The summed E-state index contributed by atoms with van der Waals surface area (Å²) in [6, 6.07) is 4.19. The van der Waals surface area contributed by atoms with Crippen LogP contribution in [0.15, 0.2) is 23.2 Å². The van der Waals surface area contributed by atoms with Crippen molar-refractivity contribution in [3.05, 3.63) is 34.9 Å². The van der Waals surface area contributed by atoms with Crippen LogP contribution in [0.5, 0.6) is 0 Å². The van der Waals surface area contributed by atoms with Gasteiger partial charge in [0.05, 0.1) is 11.1 Å². The smallest absolute Gasteiger partial charge is 0.336 e. The summed E-state index contributed by atoms with van der Waals surface area (Å²) in [6.07, 6.45) is 5.62. The molecule has 5 heteroatoms. The van der Waals surface area contributed by atoms with E-state index < -0.39 is 11.9 Å². The van der Waals surface area contributed by atoms with Crippen molar-refractivity contribution in [2.45, 2.75) is 32.6 Å². The van der Waals surface area contributed by atoms with Crippen LogP contribution in [0.25, 0.3) is 0 Å². The number of benzene rings is 1. The summed E-state index contributed by atoms with van der Waals surface area (Å²) in [6.45, 7) is 2.69. The molecule has 0 radical (unpaired) electrons. The van der Waals surface area contributed by atoms with Crippen LogP contribution in [0.2, 0.25) is 0 Å². The van der Waals surface area contributed by atoms with Crippen molar-refractivity contribution in [2.75, 3.05) is 6.54 Å². The second-order valence-electron chi connectivity index (χ2n) is 4.47. The molecule has 1 aromatic carbocycles. The van der Waals surface area contributed by atoms with E-state index in [1.54, 1.807) is 0 Å². The molecule has 0 amide bonds. The average Bonchev–Trinajstić information content (AvgIpc) is 2.42. The predicted octanol–water partition coefficient (Wildman–Crippen LogP) is 3.08. The van der Waals surface area contributed by atoms with E-state index in [1.807, 2.05) is 0 Å². The number of hydrogen-bond acceptors (Lipinski definition) is 3. The Morgan fingerprint density at radius 3 is 2.20 bits per heavy atom. The Hall–Kier alpha value is -2.17. The van der Waals surface area contributed by atoms with Crippen molar-refractivity contribution in [3.63, 3.8) is 0 Å². The van der Waals surface area contributed by atoms with E-state index in [1.165, 1.54) is 24.4 Å². The highest BCUT2D eigenvalue weighted by Gasteiger charge is 2.16. The molecule has 5 nitrogen and oxygen atoms in total. The van der Waals surface area contributed by atoms with Gasteiger partial charge in [0.15, 0.2) is 0 Å². The van der Waals surface area contributed by atoms with Crippen LogP contribution in [0, 0.1) is 0 Å². The van der Waals surface area contributed by atoms with Gasteiger partial charge in [0.1, 0.15) is 0 Å². The SMILES string of the molecule is CCCCCCN=Cc1c(C(=O)O)cccc1C(=O)O. The topological polar surface area (TPSA) is 87.0 Å². The molecule has 0 aliphatic carbocycles. The van der Waals surface area contributed by atoms with E-state index in [4.69, 9.17) is 10.2 Å². The number of rotatable bonds is 8. The molecule has 0 aliphatic heterocycles. The molecule has 0 atom stereocenters. The molecule has 108 valence electrons. The van der Waals surface area contributed by atoms with Gasteiger partial charge < -0.3 is 10.2 Å². The van der Waals surface area contributed by atoms with Crippen LogP contribution in [-0.4, -0.2) is 34.9 Å². The fourth-order valence-corrected chi connectivity index (χ4v) is 1.86. The summed E-state index contributed by atoms with van der Waals surface area (Å²) in [7, 11) is 0. The standard InChI is InChI=1S/C15H19NO4/c1-2-3-4-5-9-16-10-13-11(14(17)18)7-6-8-12(13)15(19)20/h6-8,10H,2-5,9H2,1H3,(H,17,18)(H,19,20). The van der Waals surface area contributed by atoms with E-state index in [9.17, 15) is 9.59 Å². The van der Waals surface area contributed by atoms with Gasteiger partial charge in [-0.25, -0.2) is 9.59 Å². The molecule has 0 aromatic heterocycles. The zero-order valence-corrected chi connectivity index (χ0v) is 11.5. The molecular weight excluding hydrogens is 258 g/mol. The Morgan fingerprint density at radius 2 is 1.70 bits per heavy atom. The number of carboxylic acid groups (broad SMARTS) is 2. The minimum Gasteiger partial charge on any atom is -0.478 e. The van der Waals surface area contributed by atoms with Crippen molar-refractivity contribution in [2.24, 2.45) is 4.99 Å². The first kappa shape index (κ1) is 15.9. The van der Waals surface area contributed by atoms with Crippen LogP contribution in [0.3, 0.4) is 0 Å². The molecule has 0 saturated carbocycles. The third-order valence-electron chi connectivity index (χ3n) is 2.93. The summed E-state index contributed by atoms with van der Waals surface area (Å²) >= 11 is 0. The lowest BCUT2D eigenvalue weighted by Gasteiger charge is -2.05. The number of hydrogen-bond donors (Lipinski definition) is 2. The van der Waals surface area contributed by atoms with Gasteiger partial charge in [0.25, 0.3) is 0 Å². The Morgan fingerprint density at radius 1 is 1.10 bits per heavy atom. The lowest BCUT2D eigenvalue weighted by molar-refractivity contribution is 0.0696. The monoisotopic (exact) mass is 277 g/mol. The largest absolute Gasteiger partial charge is 0.478 e. The number of nitrogens with zero attached hydrogens (tertiary/aromatic N) is 1. The first-order valence-electron chi connectivity index (χ1n) is 6.67.